The summed E-state index contributed by atoms with van der Waals surface area (Å²) in [6.07, 6.45) is 0.896. The molecular formula is C13H15F2N5O. The Hall–Kier alpha value is -2.25. The molecule has 2 aromatic rings. The number of aryl methyl sites for hydroxylation is 1. The van der Waals surface area contributed by atoms with Crippen molar-refractivity contribution in [2.24, 2.45) is 5.92 Å². The van der Waals surface area contributed by atoms with E-state index in [1.165, 1.54) is 0 Å². The van der Waals surface area contributed by atoms with Gasteiger partial charge in [0.05, 0.1) is 18.2 Å². The standard InChI is InChI=1S/C13H15F2N5O/c1-8-4-10-12(16-2-3-20(10)18-8)19-6-9(7-19)13(21)17-5-11(14)15/h2-4,9,11H,5-7H2,1H3,(H,17,21). The number of nitrogens with zero attached hydrogens (tertiary/aromatic N) is 4. The van der Waals surface area contributed by atoms with Crippen molar-refractivity contribution in [3.05, 3.63) is 24.2 Å². The highest BCUT2D eigenvalue weighted by Crippen LogP contribution is 2.27. The van der Waals surface area contributed by atoms with Crippen LogP contribution in [0.25, 0.3) is 5.52 Å². The second kappa shape index (κ2) is 5.27. The van der Waals surface area contributed by atoms with Crippen LogP contribution in [-0.2, 0) is 4.79 Å². The lowest BCUT2D eigenvalue weighted by Gasteiger charge is -2.39. The third-order valence-electron chi connectivity index (χ3n) is 3.47. The van der Waals surface area contributed by atoms with Gasteiger partial charge in [0.2, 0.25) is 5.91 Å². The SMILES string of the molecule is Cc1cc2c(N3CC(C(=O)NCC(F)F)C3)nccn2n1. The van der Waals surface area contributed by atoms with E-state index in [0.29, 0.717) is 13.1 Å². The maximum absolute atomic E-state index is 12.1. The summed E-state index contributed by atoms with van der Waals surface area (Å²) < 4.78 is 25.8. The van der Waals surface area contributed by atoms with Crippen molar-refractivity contribution in [1.82, 2.24) is 19.9 Å². The van der Waals surface area contributed by atoms with Gasteiger partial charge in [-0.05, 0) is 13.0 Å². The van der Waals surface area contributed by atoms with Crippen molar-refractivity contribution in [1.29, 1.82) is 0 Å². The van der Waals surface area contributed by atoms with E-state index in [-0.39, 0.29) is 11.8 Å². The maximum atomic E-state index is 12.1. The molecule has 1 fully saturated rings. The van der Waals surface area contributed by atoms with Gasteiger partial charge in [0.15, 0.2) is 5.82 Å². The molecule has 0 aromatic carbocycles. The maximum Gasteiger partial charge on any atom is 0.255 e. The third-order valence-corrected chi connectivity index (χ3v) is 3.47. The Kier molecular flexibility index (Phi) is 3.44. The number of amides is 1. The molecule has 8 heteroatoms. The minimum absolute atomic E-state index is 0.269. The fourth-order valence-electron chi connectivity index (χ4n) is 2.41. The van der Waals surface area contributed by atoms with Crippen molar-refractivity contribution in [2.45, 2.75) is 13.3 Å². The monoisotopic (exact) mass is 295 g/mol. The first-order valence-corrected chi connectivity index (χ1v) is 6.66. The van der Waals surface area contributed by atoms with Gasteiger partial charge in [-0.15, -0.1) is 0 Å². The van der Waals surface area contributed by atoms with Crippen LogP contribution in [0.1, 0.15) is 5.69 Å². The van der Waals surface area contributed by atoms with E-state index in [1.54, 1.807) is 16.9 Å². The summed E-state index contributed by atoms with van der Waals surface area (Å²) in [6.45, 7) is 2.26. The molecule has 2 aromatic heterocycles. The summed E-state index contributed by atoms with van der Waals surface area (Å²) in [6, 6.07) is 1.92. The normalized spacial score (nSPS) is 15.5. The molecule has 1 aliphatic heterocycles. The van der Waals surface area contributed by atoms with Crippen LogP contribution in [0.4, 0.5) is 14.6 Å². The number of halogens is 2. The summed E-state index contributed by atoms with van der Waals surface area (Å²) in [5.74, 6) is 0.161. The molecule has 0 spiro atoms. The highest BCUT2D eigenvalue weighted by molar-refractivity contribution is 5.83. The van der Waals surface area contributed by atoms with Crippen LogP contribution < -0.4 is 10.2 Å². The van der Waals surface area contributed by atoms with Crippen LogP contribution in [-0.4, -0.2) is 46.6 Å². The van der Waals surface area contributed by atoms with E-state index in [4.69, 9.17) is 0 Å². The molecule has 21 heavy (non-hydrogen) atoms. The van der Waals surface area contributed by atoms with Gasteiger partial charge in [0, 0.05) is 25.5 Å². The molecule has 1 N–H and O–H groups in total. The van der Waals surface area contributed by atoms with Crippen molar-refractivity contribution >= 4 is 17.2 Å². The molecule has 112 valence electrons. The molecule has 1 aliphatic rings. The highest BCUT2D eigenvalue weighted by Gasteiger charge is 2.34. The molecule has 0 radical (unpaired) electrons. The summed E-state index contributed by atoms with van der Waals surface area (Å²) in [4.78, 5) is 17.9. The molecule has 6 nitrogen and oxygen atoms in total. The first kappa shape index (κ1) is 13.7. The number of carbonyl (C=O) groups excluding carboxylic acids is 1. The number of aromatic nitrogens is 3. The van der Waals surface area contributed by atoms with Gasteiger partial charge in [0.1, 0.15) is 5.52 Å². The number of hydrogen-bond donors (Lipinski definition) is 1. The van der Waals surface area contributed by atoms with Gasteiger partial charge in [-0.3, -0.25) is 4.79 Å². The van der Waals surface area contributed by atoms with Crippen molar-refractivity contribution in [2.75, 3.05) is 24.5 Å². The minimum atomic E-state index is -2.52. The first-order valence-electron chi connectivity index (χ1n) is 6.66. The molecule has 3 rings (SSSR count). The lowest BCUT2D eigenvalue weighted by Crippen LogP contribution is -2.54. The second-order valence-corrected chi connectivity index (χ2v) is 5.10. The van der Waals surface area contributed by atoms with E-state index in [9.17, 15) is 13.6 Å². The van der Waals surface area contributed by atoms with Crippen LogP contribution >= 0.6 is 0 Å². The number of fused-ring (bicyclic) bond motifs is 1. The number of hydrogen-bond acceptors (Lipinski definition) is 4. The molecule has 0 aliphatic carbocycles. The van der Waals surface area contributed by atoms with E-state index in [1.807, 2.05) is 17.9 Å². The summed E-state index contributed by atoms with van der Waals surface area (Å²) in [5.41, 5.74) is 1.76. The molecule has 0 bridgehead atoms. The predicted molar refractivity (Wildman–Crippen MR) is 72.4 cm³/mol. The van der Waals surface area contributed by atoms with Crippen LogP contribution in [0.2, 0.25) is 0 Å². The van der Waals surface area contributed by atoms with Crippen molar-refractivity contribution in [3.63, 3.8) is 0 Å². The van der Waals surface area contributed by atoms with E-state index < -0.39 is 13.0 Å². The van der Waals surface area contributed by atoms with Crippen LogP contribution in [0.3, 0.4) is 0 Å². The molecule has 1 amide bonds. The summed E-state index contributed by atoms with van der Waals surface area (Å²) >= 11 is 0. The zero-order valence-corrected chi connectivity index (χ0v) is 11.5. The van der Waals surface area contributed by atoms with E-state index in [2.05, 4.69) is 15.4 Å². The van der Waals surface area contributed by atoms with Crippen molar-refractivity contribution < 1.29 is 13.6 Å². The Morgan fingerprint density at radius 2 is 2.29 bits per heavy atom. The minimum Gasteiger partial charge on any atom is -0.353 e. The second-order valence-electron chi connectivity index (χ2n) is 5.10. The van der Waals surface area contributed by atoms with Crippen LogP contribution in [0, 0.1) is 12.8 Å². The van der Waals surface area contributed by atoms with Crippen LogP contribution in [0.5, 0.6) is 0 Å². The Morgan fingerprint density at radius 1 is 1.52 bits per heavy atom. The zero-order chi connectivity index (χ0) is 15.0. The number of alkyl halides is 2. The van der Waals surface area contributed by atoms with Crippen molar-refractivity contribution in [3.8, 4) is 0 Å². The molecule has 1 saturated heterocycles. The number of nitrogens with one attached hydrogen (secondary N) is 1. The topological polar surface area (TPSA) is 62.5 Å². The van der Waals surface area contributed by atoms with Gasteiger partial charge >= 0.3 is 0 Å². The zero-order valence-electron chi connectivity index (χ0n) is 11.5. The summed E-state index contributed by atoms with van der Waals surface area (Å²) in [5, 5.41) is 6.55. The largest absolute Gasteiger partial charge is 0.353 e. The first-order chi connectivity index (χ1) is 10.0. The quantitative estimate of drug-likeness (QED) is 0.908. The Bertz CT molecular complexity index is 666. The highest BCUT2D eigenvalue weighted by atomic mass is 19.3. The van der Waals surface area contributed by atoms with E-state index in [0.717, 1.165) is 17.0 Å². The molecular weight excluding hydrogens is 280 g/mol. The lowest BCUT2D eigenvalue weighted by molar-refractivity contribution is -0.126. The van der Waals surface area contributed by atoms with Crippen LogP contribution in [0.15, 0.2) is 18.5 Å². The predicted octanol–water partition coefficient (Wildman–Crippen LogP) is 0.855. The smallest absolute Gasteiger partial charge is 0.255 e. The number of anilines is 1. The average molecular weight is 295 g/mol. The molecule has 0 saturated carbocycles. The third kappa shape index (κ3) is 2.65. The lowest BCUT2D eigenvalue weighted by atomic mass is 9.99. The number of rotatable bonds is 4. The van der Waals surface area contributed by atoms with Gasteiger partial charge in [0.25, 0.3) is 6.43 Å². The van der Waals surface area contributed by atoms with Gasteiger partial charge in [-0.1, -0.05) is 0 Å². The Balaban J connectivity index is 1.66. The van der Waals surface area contributed by atoms with Gasteiger partial charge in [-0.2, -0.15) is 5.10 Å². The average Bonchev–Trinajstić information content (AvgIpc) is 2.75. The molecule has 0 atom stereocenters. The molecule has 3 heterocycles. The fraction of sp³-hybridized carbons (Fsp3) is 0.462. The van der Waals surface area contributed by atoms with E-state index >= 15 is 0 Å². The molecule has 0 unspecified atom stereocenters. The Labute approximate surface area is 119 Å². The van der Waals surface area contributed by atoms with Gasteiger partial charge < -0.3 is 10.2 Å². The number of carbonyl (C=O) groups is 1. The van der Waals surface area contributed by atoms with Gasteiger partial charge in [-0.25, -0.2) is 18.3 Å². The Morgan fingerprint density at radius 3 is 3.00 bits per heavy atom. The fourth-order valence-corrected chi connectivity index (χ4v) is 2.41. The summed E-state index contributed by atoms with van der Waals surface area (Å²) in [7, 11) is 0.